The van der Waals surface area contributed by atoms with E-state index in [9.17, 15) is 4.79 Å². The van der Waals surface area contributed by atoms with Crippen LogP contribution in [0.25, 0.3) is 10.8 Å². The first-order chi connectivity index (χ1) is 12.3. The van der Waals surface area contributed by atoms with Gasteiger partial charge >= 0.3 is 6.03 Å². The van der Waals surface area contributed by atoms with Gasteiger partial charge in [0.2, 0.25) is 0 Å². The molecule has 2 aromatic carbocycles. The van der Waals surface area contributed by atoms with Crippen molar-refractivity contribution < 1.29 is 4.79 Å². The molecule has 5 nitrogen and oxygen atoms in total. The zero-order valence-corrected chi connectivity index (χ0v) is 16.2. The summed E-state index contributed by atoms with van der Waals surface area (Å²) in [6.45, 7) is 6.43. The lowest BCUT2D eigenvalue weighted by atomic mass is 9.78. The van der Waals surface area contributed by atoms with Gasteiger partial charge in [-0.2, -0.15) is 0 Å². The molecular formula is C21H30N4O. The van der Waals surface area contributed by atoms with Crippen LogP contribution in [0.5, 0.6) is 0 Å². The molecule has 2 atom stereocenters. The zero-order valence-electron chi connectivity index (χ0n) is 16.2. The minimum absolute atomic E-state index is 0.0443. The third-order valence-electron chi connectivity index (χ3n) is 5.59. The number of nitrogens with two attached hydrogens (primary N) is 1. The van der Waals surface area contributed by atoms with Crippen LogP contribution in [-0.2, 0) is 0 Å². The predicted molar refractivity (Wildman–Crippen MR) is 107 cm³/mol. The lowest BCUT2D eigenvalue weighted by Gasteiger charge is -2.47. The van der Waals surface area contributed by atoms with Crippen LogP contribution in [0.1, 0.15) is 32.0 Å². The monoisotopic (exact) mass is 354 g/mol. The molecule has 3 rings (SSSR count). The van der Waals surface area contributed by atoms with E-state index in [1.807, 2.05) is 42.3 Å². The Labute approximate surface area is 156 Å². The molecule has 0 saturated carbocycles. The van der Waals surface area contributed by atoms with Crippen LogP contribution < -0.4 is 11.1 Å². The van der Waals surface area contributed by atoms with Crippen molar-refractivity contribution in [1.82, 2.24) is 15.1 Å². The van der Waals surface area contributed by atoms with Gasteiger partial charge in [-0.05, 0) is 41.8 Å². The van der Waals surface area contributed by atoms with Crippen molar-refractivity contribution in [2.24, 2.45) is 11.1 Å². The van der Waals surface area contributed by atoms with E-state index >= 15 is 0 Å². The number of urea groups is 1. The minimum Gasteiger partial charge on any atom is -0.324 e. The quantitative estimate of drug-likeness (QED) is 0.832. The summed E-state index contributed by atoms with van der Waals surface area (Å²) in [5.41, 5.74) is 7.33. The van der Waals surface area contributed by atoms with Crippen molar-refractivity contribution in [3.05, 3.63) is 48.0 Å². The van der Waals surface area contributed by atoms with Gasteiger partial charge in [-0.1, -0.05) is 56.3 Å². The minimum atomic E-state index is -0.537. The number of fused-ring (bicyclic) bond motifs is 1. The second-order valence-electron chi connectivity index (χ2n) is 8.14. The van der Waals surface area contributed by atoms with E-state index < -0.39 is 6.17 Å². The smallest absolute Gasteiger partial charge is 0.318 e. The number of nitrogens with one attached hydrogen (secondary N) is 1. The maximum Gasteiger partial charge on any atom is 0.318 e. The van der Waals surface area contributed by atoms with Crippen LogP contribution in [0.2, 0.25) is 0 Å². The van der Waals surface area contributed by atoms with Gasteiger partial charge in [0.1, 0.15) is 6.17 Å². The van der Waals surface area contributed by atoms with Crippen molar-refractivity contribution in [1.29, 1.82) is 0 Å². The molecule has 0 radical (unpaired) electrons. The average molecular weight is 354 g/mol. The number of piperidine rings is 1. The maximum absolute atomic E-state index is 12.9. The highest BCUT2D eigenvalue weighted by Crippen LogP contribution is 2.32. The van der Waals surface area contributed by atoms with Gasteiger partial charge in [0.25, 0.3) is 0 Å². The fourth-order valence-corrected chi connectivity index (χ4v) is 4.31. The molecular weight excluding hydrogens is 324 g/mol. The summed E-state index contributed by atoms with van der Waals surface area (Å²) < 4.78 is 0. The van der Waals surface area contributed by atoms with E-state index in [0.29, 0.717) is 0 Å². The summed E-state index contributed by atoms with van der Waals surface area (Å²) in [7, 11) is 4.01. The first-order valence-corrected chi connectivity index (χ1v) is 9.25. The van der Waals surface area contributed by atoms with Crippen molar-refractivity contribution in [2.45, 2.75) is 32.5 Å². The van der Waals surface area contributed by atoms with Crippen molar-refractivity contribution in [3.63, 3.8) is 0 Å². The van der Waals surface area contributed by atoms with Gasteiger partial charge in [-0.3, -0.25) is 0 Å². The number of carbonyl (C=O) groups excluding carboxylic acids is 1. The molecule has 2 unspecified atom stereocenters. The second kappa shape index (κ2) is 7.25. The normalized spacial score (nSPS) is 21.3. The molecule has 1 aliphatic rings. The van der Waals surface area contributed by atoms with E-state index in [1.165, 1.54) is 0 Å². The molecule has 1 saturated heterocycles. The molecule has 1 aliphatic heterocycles. The van der Waals surface area contributed by atoms with Gasteiger partial charge in [0.05, 0.1) is 0 Å². The van der Waals surface area contributed by atoms with Crippen LogP contribution in [0, 0.1) is 5.41 Å². The van der Waals surface area contributed by atoms with Gasteiger partial charge in [0, 0.05) is 19.6 Å². The summed E-state index contributed by atoms with van der Waals surface area (Å²) in [5, 5.41) is 5.18. The summed E-state index contributed by atoms with van der Waals surface area (Å²) >= 11 is 0. The maximum atomic E-state index is 12.9. The van der Waals surface area contributed by atoms with Crippen LogP contribution in [-0.4, -0.2) is 49.1 Å². The fourth-order valence-electron chi connectivity index (χ4n) is 4.31. The summed E-state index contributed by atoms with van der Waals surface area (Å²) in [6.07, 6.45) is 0.433. The van der Waals surface area contributed by atoms with Crippen molar-refractivity contribution in [3.8, 4) is 0 Å². The van der Waals surface area contributed by atoms with E-state index in [2.05, 4.69) is 43.2 Å². The predicted octanol–water partition coefficient (Wildman–Crippen LogP) is 3.17. The second-order valence-corrected chi connectivity index (χ2v) is 8.14. The largest absolute Gasteiger partial charge is 0.324 e. The zero-order chi connectivity index (χ0) is 18.9. The van der Waals surface area contributed by atoms with Crippen LogP contribution in [0.4, 0.5) is 4.79 Å². The SMILES string of the molecule is CN1CCC(N(C)C(=O)NC(N)c2cccc3ccccc23)C(C)(C)C1. The number of hydrogen-bond donors (Lipinski definition) is 2. The fraction of sp³-hybridized carbons (Fsp3) is 0.476. The number of likely N-dealkylation sites (tertiary alicyclic amines) is 1. The van der Waals surface area contributed by atoms with Crippen molar-refractivity contribution in [2.75, 3.05) is 27.2 Å². The Morgan fingerprint density at radius 1 is 1.27 bits per heavy atom. The Kier molecular flexibility index (Phi) is 5.21. The Morgan fingerprint density at radius 3 is 2.69 bits per heavy atom. The molecule has 2 amide bonds. The highest BCUT2D eigenvalue weighted by atomic mass is 16.2. The topological polar surface area (TPSA) is 61.6 Å². The van der Waals surface area contributed by atoms with Crippen LogP contribution in [0.15, 0.2) is 42.5 Å². The number of nitrogens with zero attached hydrogens (tertiary/aromatic N) is 2. The van der Waals surface area contributed by atoms with E-state index in [1.54, 1.807) is 0 Å². The Morgan fingerprint density at radius 2 is 1.96 bits per heavy atom. The number of benzene rings is 2. The molecule has 26 heavy (non-hydrogen) atoms. The average Bonchev–Trinajstić information content (AvgIpc) is 2.59. The third-order valence-corrected chi connectivity index (χ3v) is 5.59. The first kappa shape index (κ1) is 18.7. The number of amides is 2. The molecule has 3 N–H and O–H groups in total. The molecule has 0 bridgehead atoms. The molecule has 2 aromatic rings. The van der Waals surface area contributed by atoms with Gasteiger partial charge in [-0.15, -0.1) is 0 Å². The van der Waals surface area contributed by atoms with Gasteiger partial charge in [0.15, 0.2) is 0 Å². The highest BCUT2D eigenvalue weighted by Gasteiger charge is 2.39. The molecule has 0 spiro atoms. The van der Waals surface area contributed by atoms with Crippen molar-refractivity contribution >= 4 is 16.8 Å². The molecule has 0 aromatic heterocycles. The third kappa shape index (κ3) is 3.69. The standard InChI is InChI=1S/C21H30N4O/c1-21(2)14-24(3)13-12-18(21)25(4)20(26)23-19(22)17-11-7-9-15-8-5-6-10-16(15)17/h5-11,18-19H,12-14,22H2,1-4H3,(H,23,26). The van der Waals surface area contributed by atoms with E-state index in [0.717, 1.165) is 35.8 Å². The molecule has 0 aliphatic carbocycles. The molecule has 1 heterocycles. The van der Waals surface area contributed by atoms with Crippen LogP contribution >= 0.6 is 0 Å². The molecule has 140 valence electrons. The summed E-state index contributed by atoms with van der Waals surface area (Å²) in [6, 6.07) is 14.2. The summed E-state index contributed by atoms with van der Waals surface area (Å²) in [4.78, 5) is 17.0. The number of rotatable bonds is 3. The van der Waals surface area contributed by atoms with Crippen LogP contribution in [0.3, 0.4) is 0 Å². The van der Waals surface area contributed by atoms with E-state index in [4.69, 9.17) is 5.73 Å². The molecule has 1 fully saturated rings. The summed E-state index contributed by atoms with van der Waals surface area (Å²) in [5.74, 6) is 0. The lowest BCUT2D eigenvalue weighted by molar-refractivity contribution is 0.0445. The molecule has 5 heteroatoms. The number of carbonyl (C=O) groups is 1. The number of hydrogen-bond acceptors (Lipinski definition) is 3. The Bertz CT molecular complexity index is 783. The van der Waals surface area contributed by atoms with Gasteiger partial charge < -0.3 is 20.9 Å². The van der Waals surface area contributed by atoms with E-state index in [-0.39, 0.29) is 17.5 Å². The lowest BCUT2D eigenvalue weighted by Crippen LogP contribution is -2.57. The van der Waals surface area contributed by atoms with Gasteiger partial charge in [-0.25, -0.2) is 4.79 Å². The highest BCUT2D eigenvalue weighted by molar-refractivity contribution is 5.86. The first-order valence-electron chi connectivity index (χ1n) is 9.25. The Balaban J connectivity index is 1.74. The Hall–Kier alpha value is -2.11.